The van der Waals surface area contributed by atoms with Gasteiger partial charge < -0.3 is 11.1 Å². The van der Waals surface area contributed by atoms with Crippen molar-refractivity contribution in [2.75, 3.05) is 11.9 Å². The zero-order valence-corrected chi connectivity index (χ0v) is 14.3. The first-order chi connectivity index (χ1) is 9.90. The third-order valence-electron chi connectivity index (χ3n) is 5.02. The molecule has 0 saturated heterocycles. The van der Waals surface area contributed by atoms with Crippen LogP contribution in [-0.2, 0) is 0 Å². The van der Waals surface area contributed by atoms with E-state index in [0.717, 1.165) is 16.6 Å². The Bertz CT molecular complexity index is 428. The Balaban J connectivity index is 1.92. The van der Waals surface area contributed by atoms with Crippen LogP contribution in [0.4, 0.5) is 5.69 Å². The lowest BCUT2D eigenvalue weighted by Crippen LogP contribution is -2.39. The molecule has 0 aliphatic heterocycles. The van der Waals surface area contributed by atoms with Crippen LogP contribution in [-0.4, -0.2) is 12.6 Å². The topological polar surface area (TPSA) is 38.0 Å². The van der Waals surface area contributed by atoms with Crippen LogP contribution in [0.15, 0.2) is 24.3 Å². The molecule has 0 aromatic heterocycles. The van der Waals surface area contributed by atoms with E-state index in [1.165, 1.54) is 25.7 Å². The summed E-state index contributed by atoms with van der Waals surface area (Å²) in [5.41, 5.74) is 7.57. The van der Waals surface area contributed by atoms with Crippen molar-refractivity contribution >= 4 is 17.3 Å². The standard InChI is InChI=1S/C18H29ClN2/c1-18(2,3)14-6-4-13(5-7-14)17(12-20)21-16-10-8-15(19)9-11-16/h8-11,13-14,17,21H,4-7,12,20H2,1-3H3. The lowest BCUT2D eigenvalue weighted by atomic mass is 9.68. The van der Waals surface area contributed by atoms with Crippen molar-refractivity contribution in [1.29, 1.82) is 0 Å². The van der Waals surface area contributed by atoms with Crippen LogP contribution >= 0.6 is 11.6 Å². The molecule has 1 aromatic carbocycles. The summed E-state index contributed by atoms with van der Waals surface area (Å²) < 4.78 is 0. The quantitative estimate of drug-likeness (QED) is 0.827. The summed E-state index contributed by atoms with van der Waals surface area (Å²) in [5, 5.41) is 4.37. The highest BCUT2D eigenvalue weighted by Crippen LogP contribution is 2.41. The van der Waals surface area contributed by atoms with E-state index in [1.54, 1.807) is 0 Å². The number of hydrogen-bond donors (Lipinski definition) is 2. The zero-order valence-electron chi connectivity index (χ0n) is 13.5. The van der Waals surface area contributed by atoms with Crippen molar-refractivity contribution in [3.8, 4) is 0 Å². The van der Waals surface area contributed by atoms with Crippen molar-refractivity contribution in [3.05, 3.63) is 29.3 Å². The fourth-order valence-electron chi connectivity index (χ4n) is 3.52. The first-order valence-electron chi connectivity index (χ1n) is 8.12. The number of nitrogens with one attached hydrogen (secondary N) is 1. The first kappa shape index (κ1) is 16.6. The molecule has 0 radical (unpaired) electrons. The molecule has 2 nitrogen and oxygen atoms in total. The number of benzene rings is 1. The molecule has 118 valence electrons. The Hall–Kier alpha value is -0.730. The van der Waals surface area contributed by atoms with Gasteiger partial charge in [0.2, 0.25) is 0 Å². The zero-order chi connectivity index (χ0) is 15.5. The Kier molecular flexibility index (Phi) is 5.56. The summed E-state index contributed by atoms with van der Waals surface area (Å²) in [6.45, 7) is 7.78. The maximum Gasteiger partial charge on any atom is 0.0411 e. The molecule has 3 N–H and O–H groups in total. The summed E-state index contributed by atoms with van der Waals surface area (Å²) in [7, 11) is 0. The highest BCUT2D eigenvalue weighted by Gasteiger charge is 2.32. The van der Waals surface area contributed by atoms with E-state index in [1.807, 2.05) is 24.3 Å². The monoisotopic (exact) mass is 308 g/mol. The smallest absolute Gasteiger partial charge is 0.0411 e. The van der Waals surface area contributed by atoms with Crippen LogP contribution in [0.2, 0.25) is 5.02 Å². The highest BCUT2D eigenvalue weighted by molar-refractivity contribution is 6.30. The van der Waals surface area contributed by atoms with Crippen LogP contribution in [0.3, 0.4) is 0 Å². The normalized spacial score (nSPS) is 24.6. The predicted molar refractivity (Wildman–Crippen MR) is 92.8 cm³/mol. The lowest BCUT2D eigenvalue weighted by molar-refractivity contribution is 0.143. The van der Waals surface area contributed by atoms with Crippen molar-refractivity contribution in [3.63, 3.8) is 0 Å². The van der Waals surface area contributed by atoms with E-state index in [-0.39, 0.29) is 0 Å². The van der Waals surface area contributed by atoms with Gasteiger partial charge in [-0.1, -0.05) is 32.4 Å². The molecule has 1 saturated carbocycles. The van der Waals surface area contributed by atoms with Gasteiger partial charge in [0.25, 0.3) is 0 Å². The second-order valence-corrected chi connectivity index (χ2v) is 7.91. The van der Waals surface area contributed by atoms with Crippen molar-refractivity contribution in [2.45, 2.75) is 52.5 Å². The SMILES string of the molecule is CC(C)(C)C1CCC(C(CN)Nc2ccc(Cl)cc2)CC1. The third kappa shape index (κ3) is 4.62. The molecule has 1 atom stereocenters. The van der Waals surface area contributed by atoms with Gasteiger partial charge in [-0.05, 0) is 67.2 Å². The molecule has 21 heavy (non-hydrogen) atoms. The van der Waals surface area contributed by atoms with E-state index < -0.39 is 0 Å². The minimum atomic E-state index is 0.368. The van der Waals surface area contributed by atoms with E-state index in [4.69, 9.17) is 17.3 Å². The maximum atomic E-state index is 6.01. The minimum Gasteiger partial charge on any atom is -0.381 e. The van der Waals surface area contributed by atoms with Gasteiger partial charge in [-0.2, -0.15) is 0 Å². The van der Waals surface area contributed by atoms with Gasteiger partial charge in [0.15, 0.2) is 0 Å². The molecule has 1 fully saturated rings. The number of rotatable bonds is 4. The average molecular weight is 309 g/mol. The fraction of sp³-hybridized carbons (Fsp3) is 0.667. The van der Waals surface area contributed by atoms with Gasteiger partial charge in [0.05, 0.1) is 0 Å². The molecule has 1 aromatic rings. The molecule has 1 aliphatic rings. The number of hydrogen-bond acceptors (Lipinski definition) is 2. The van der Waals surface area contributed by atoms with Gasteiger partial charge >= 0.3 is 0 Å². The summed E-state index contributed by atoms with van der Waals surface area (Å²) in [4.78, 5) is 0. The Labute approximate surface area is 134 Å². The molecule has 3 heteroatoms. The Morgan fingerprint density at radius 1 is 1.14 bits per heavy atom. The van der Waals surface area contributed by atoms with E-state index in [0.29, 0.717) is 23.9 Å². The molecule has 0 spiro atoms. The summed E-state index contributed by atoms with van der Waals surface area (Å²) in [6.07, 6.45) is 5.22. The van der Waals surface area contributed by atoms with Crippen LogP contribution in [0.1, 0.15) is 46.5 Å². The Morgan fingerprint density at radius 3 is 2.19 bits per heavy atom. The molecule has 1 aliphatic carbocycles. The van der Waals surface area contributed by atoms with Gasteiger partial charge in [0, 0.05) is 23.3 Å². The average Bonchev–Trinajstić information content (AvgIpc) is 2.46. The van der Waals surface area contributed by atoms with Gasteiger partial charge in [-0.25, -0.2) is 0 Å². The second-order valence-electron chi connectivity index (χ2n) is 7.47. The molecule has 0 bridgehead atoms. The van der Waals surface area contributed by atoms with Crippen LogP contribution in [0.5, 0.6) is 0 Å². The maximum absolute atomic E-state index is 6.01. The molecular weight excluding hydrogens is 280 g/mol. The van der Waals surface area contributed by atoms with Crippen LogP contribution < -0.4 is 11.1 Å². The molecule has 0 amide bonds. The molecule has 1 unspecified atom stereocenters. The van der Waals surface area contributed by atoms with Gasteiger partial charge in [-0.3, -0.25) is 0 Å². The van der Waals surface area contributed by atoms with Crippen molar-refractivity contribution < 1.29 is 0 Å². The van der Waals surface area contributed by atoms with E-state index in [2.05, 4.69) is 26.1 Å². The first-order valence-corrected chi connectivity index (χ1v) is 8.50. The van der Waals surface area contributed by atoms with Crippen molar-refractivity contribution in [1.82, 2.24) is 0 Å². The van der Waals surface area contributed by atoms with Crippen LogP contribution in [0, 0.1) is 17.3 Å². The summed E-state index contributed by atoms with van der Waals surface area (Å²) >= 11 is 5.94. The van der Waals surface area contributed by atoms with Gasteiger partial charge in [0.1, 0.15) is 0 Å². The lowest BCUT2D eigenvalue weighted by Gasteiger charge is -2.39. The second kappa shape index (κ2) is 7.02. The molecule has 0 heterocycles. The predicted octanol–water partition coefficient (Wildman–Crippen LogP) is 4.93. The molecular formula is C18H29ClN2. The van der Waals surface area contributed by atoms with Gasteiger partial charge in [-0.15, -0.1) is 0 Å². The van der Waals surface area contributed by atoms with E-state index >= 15 is 0 Å². The van der Waals surface area contributed by atoms with Crippen molar-refractivity contribution in [2.24, 2.45) is 23.0 Å². The third-order valence-corrected chi connectivity index (χ3v) is 5.27. The van der Waals surface area contributed by atoms with Crippen LogP contribution in [0.25, 0.3) is 0 Å². The number of nitrogens with two attached hydrogens (primary N) is 1. The summed E-state index contributed by atoms with van der Waals surface area (Å²) in [6, 6.07) is 8.28. The number of anilines is 1. The Morgan fingerprint density at radius 2 is 1.71 bits per heavy atom. The largest absolute Gasteiger partial charge is 0.381 e. The minimum absolute atomic E-state index is 0.368. The highest BCUT2D eigenvalue weighted by atomic mass is 35.5. The molecule has 2 rings (SSSR count). The fourth-order valence-corrected chi connectivity index (χ4v) is 3.64. The number of halogens is 1. The van der Waals surface area contributed by atoms with E-state index in [9.17, 15) is 0 Å². The summed E-state index contributed by atoms with van der Waals surface area (Å²) in [5.74, 6) is 1.53.